The van der Waals surface area contributed by atoms with Gasteiger partial charge in [0.2, 0.25) is 0 Å². The lowest BCUT2D eigenvalue weighted by molar-refractivity contribution is -0.130. The van der Waals surface area contributed by atoms with Crippen molar-refractivity contribution in [2.75, 3.05) is 5.73 Å². The van der Waals surface area contributed by atoms with Gasteiger partial charge in [0.25, 0.3) is 5.91 Å². The zero-order chi connectivity index (χ0) is 13.5. The molecular formula is C12H14FN3O2. The van der Waals surface area contributed by atoms with Gasteiger partial charge in [0, 0.05) is 5.69 Å². The normalized spacial score (nSPS) is 18.1. The van der Waals surface area contributed by atoms with Crippen molar-refractivity contribution >= 4 is 17.6 Å². The van der Waals surface area contributed by atoms with E-state index in [0.29, 0.717) is 5.56 Å². The van der Waals surface area contributed by atoms with E-state index in [1.807, 2.05) is 0 Å². The lowest BCUT2D eigenvalue weighted by Crippen LogP contribution is -2.40. The van der Waals surface area contributed by atoms with Crippen LogP contribution in [0.15, 0.2) is 18.2 Å². The van der Waals surface area contributed by atoms with Crippen LogP contribution in [0.4, 0.5) is 14.9 Å². The molecule has 0 saturated carbocycles. The van der Waals surface area contributed by atoms with Crippen LogP contribution in [0, 0.1) is 5.82 Å². The summed E-state index contributed by atoms with van der Waals surface area (Å²) in [6.07, 6.45) is 0. The molecular weight excluding hydrogens is 237 g/mol. The van der Waals surface area contributed by atoms with Crippen molar-refractivity contribution in [1.82, 2.24) is 10.2 Å². The molecule has 3 amide bonds. The summed E-state index contributed by atoms with van der Waals surface area (Å²) < 4.78 is 12.9. The molecule has 1 fully saturated rings. The number of amides is 3. The van der Waals surface area contributed by atoms with Crippen molar-refractivity contribution in [3.8, 4) is 0 Å². The molecule has 0 unspecified atom stereocenters. The minimum atomic E-state index is -0.911. The van der Waals surface area contributed by atoms with Crippen LogP contribution >= 0.6 is 0 Å². The zero-order valence-electron chi connectivity index (χ0n) is 10.2. The maximum atomic E-state index is 12.9. The van der Waals surface area contributed by atoms with Crippen molar-refractivity contribution in [1.29, 1.82) is 0 Å². The Kier molecular flexibility index (Phi) is 2.73. The van der Waals surface area contributed by atoms with Crippen LogP contribution in [-0.4, -0.2) is 22.4 Å². The maximum absolute atomic E-state index is 12.9. The molecule has 0 bridgehead atoms. The van der Waals surface area contributed by atoms with Gasteiger partial charge >= 0.3 is 6.03 Å². The number of nitrogen functional groups attached to an aromatic ring is 1. The first-order valence-electron chi connectivity index (χ1n) is 5.49. The summed E-state index contributed by atoms with van der Waals surface area (Å²) in [5, 5.41) is 2.57. The zero-order valence-corrected chi connectivity index (χ0v) is 10.2. The number of carbonyl (C=O) groups is 2. The Bertz CT molecular complexity index is 528. The number of carbonyl (C=O) groups excluding carboxylic acids is 2. The molecule has 1 heterocycles. The van der Waals surface area contributed by atoms with Crippen LogP contribution < -0.4 is 11.1 Å². The van der Waals surface area contributed by atoms with E-state index in [2.05, 4.69) is 5.32 Å². The number of imide groups is 1. The van der Waals surface area contributed by atoms with Crippen molar-refractivity contribution in [3.05, 3.63) is 29.6 Å². The smallest absolute Gasteiger partial charge is 0.325 e. The van der Waals surface area contributed by atoms with Crippen LogP contribution in [0.2, 0.25) is 0 Å². The van der Waals surface area contributed by atoms with Crippen LogP contribution in [0.1, 0.15) is 19.4 Å². The van der Waals surface area contributed by atoms with Crippen molar-refractivity contribution in [3.63, 3.8) is 0 Å². The standard InChI is InChI=1S/C12H14FN3O2/c1-12(2)10(17)16(11(18)15-12)6-7-3-4-8(13)5-9(7)14/h3-5H,6,14H2,1-2H3,(H,15,18). The van der Waals surface area contributed by atoms with Crippen molar-refractivity contribution < 1.29 is 14.0 Å². The molecule has 0 aliphatic carbocycles. The molecule has 0 aromatic heterocycles. The topological polar surface area (TPSA) is 75.4 Å². The van der Waals surface area contributed by atoms with Gasteiger partial charge in [-0.1, -0.05) is 6.07 Å². The van der Waals surface area contributed by atoms with E-state index in [9.17, 15) is 14.0 Å². The molecule has 0 spiro atoms. The summed E-state index contributed by atoms with van der Waals surface area (Å²) in [4.78, 5) is 24.7. The maximum Gasteiger partial charge on any atom is 0.325 e. The minimum absolute atomic E-state index is 0.0419. The number of urea groups is 1. The first kappa shape index (κ1) is 12.3. The average Bonchev–Trinajstić information content (AvgIpc) is 2.44. The second kappa shape index (κ2) is 3.97. The van der Waals surface area contributed by atoms with Crippen LogP contribution in [0.3, 0.4) is 0 Å². The van der Waals surface area contributed by atoms with Gasteiger partial charge in [-0.25, -0.2) is 9.18 Å². The second-order valence-corrected chi connectivity index (χ2v) is 4.79. The van der Waals surface area contributed by atoms with E-state index in [1.54, 1.807) is 13.8 Å². The average molecular weight is 251 g/mol. The van der Waals surface area contributed by atoms with E-state index in [0.717, 1.165) is 4.90 Å². The van der Waals surface area contributed by atoms with E-state index in [-0.39, 0.29) is 18.1 Å². The van der Waals surface area contributed by atoms with Gasteiger partial charge in [0.05, 0.1) is 6.54 Å². The van der Waals surface area contributed by atoms with Gasteiger partial charge in [0.1, 0.15) is 11.4 Å². The molecule has 0 atom stereocenters. The minimum Gasteiger partial charge on any atom is -0.398 e. The SMILES string of the molecule is CC1(C)NC(=O)N(Cc2ccc(F)cc2N)C1=O. The van der Waals surface area contributed by atoms with Gasteiger partial charge in [0.15, 0.2) is 0 Å². The Labute approximate surface area is 104 Å². The third kappa shape index (κ3) is 2.01. The first-order valence-corrected chi connectivity index (χ1v) is 5.49. The number of hydrogen-bond donors (Lipinski definition) is 2. The second-order valence-electron chi connectivity index (χ2n) is 4.79. The fourth-order valence-electron chi connectivity index (χ4n) is 1.84. The summed E-state index contributed by atoms with van der Waals surface area (Å²) in [7, 11) is 0. The Balaban J connectivity index is 2.24. The molecule has 1 aliphatic heterocycles. The summed E-state index contributed by atoms with van der Waals surface area (Å²) in [5.74, 6) is -0.773. The molecule has 0 radical (unpaired) electrons. The molecule has 96 valence electrons. The highest BCUT2D eigenvalue weighted by Gasteiger charge is 2.44. The summed E-state index contributed by atoms with van der Waals surface area (Å²) in [6.45, 7) is 3.29. The van der Waals surface area contributed by atoms with E-state index in [1.165, 1.54) is 18.2 Å². The first-order chi connectivity index (χ1) is 8.31. The highest BCUT2D eigenvalue weighted by Crippen LogP contribution is 2.22. The summed E-state index contributed by atoms with van der Waals surface area (Å²) in [5.41, 5.74) is 5.50. The number of anilines is 1. The summed E-state index contributed by atoms with van der Waals surface area (Å²) in [6, 6.07) is 3.42. The van der Waals surface area contributed by atoms with Crippen LogP contribution in [0.25, 0.3) is 0 Å². The number of nitrogens with zero attached hydrogens (tertiary/aromatic N) is 1. The van der Waals surface area contributed by atoms with Gasteiger partial charge in [-0.05, 0) is 31.5 Å². The summed E-state index contributed by atoms with van der Waals surface area (Å²) >= 11 is 0. The fraction of sp³-hybridized carbons (Fsp3) is 0.333. The number of rotatable bonds is 2. The van der Waals surface area contributed by atoms with Crippen LogP contribution in [-0.2, 0) is 11.3 Å². The molecule has 1 aromatic carbocycles. The molecule has 6 heteroatoms. The van der Waals surface area contributed by atoms with Crippen LogP contribution in [0.5, 0.6) is 0 Å². The number of benzene rings is 1. The van der Waals surface area contributed by atoms with Gasteiger partial charge in [-0.2, -0.15) is 0 Å². The molecule has 3 N–H and O–H groups in total. The predicted octanol–water partition coefficient (Wildman–Crippen LogP) is 1.24. The van der Waals surface area contributed by atoms with E-state index >= 15 is 0 Å². The van der Waals surface area contributed by atoms with E-state index < -0.39 is 17.4 Å². The fourth-order valence-corrected chi connectivity index (χ4v) is 1.84. The number of halogens is 1. The molecule has 18 heavy (non-hydrogen) atoms. The molecule has 2 rings (SSSR count). The molecule has 1 saturated heterocycles. The largest absolute Gasteiger partial charge is 0.398 e. The molecule has 1 aromatic rings. The van der Waals surface area contributed by atoms with Crippen molar-refractivity contribution in [2.24, 2.45) is 0 Å². The van der Waals surface area contributed by atoms with Crippen molar-refractivity contribution in [2.45, 2.75) is 25.9 Å². The lowest BCUT2D eigenvalue weighted by Gasteiger charge is -2.16. The van der Waals surface area contributed by atoms with Gasteiger partial charge in [-0.15, -0.1) is 0 Å². The highest BCUT2D eigenvalue weighted by atomic mass is 19.1. The number of hydrogen-bond acceptors (Lipinski definition) is 3. The Morgan fingerprint density at radius 3 is 2.56 bits per heavy atom. The number of nitrogens with two attached hydrogens (primary N) is 1. The molecule has 5 nitrogen and oxygen atoms in total. The quantitative estimate of drug-likeness (QED) is 0.613. The Hall–Kier alpha value is -2.11. The Morgan fingerprint density at radius 1 is 1.39 bits per heavy atom. The van der Waals surface area contributed by atoms with E-state index in [4.69, 9.17) is 5.73 Å². The third-order valence-corrected chi connectivity index (χ3v) is 2.88. The highest BCUT2D eigenvalue weighted by molar-refractivity contribution is 6.06. The van der Waals surface area contributed by atoms with Gasteiger partial charge < -0.3 is 11.1 Å². The van der Waals surface area contributed by atoms with Gasteiger partial charge in [-0.3, -0.25) is 9.69 Å². The molecule has 1 aliphatic rings. The lowest BCUT2D eigenvalue weighted by atomic mass is 10.1. The number of nitrogens with one attached hydrogen (secondary N) is 1. The predicted molar refractivity (Wildman–Crippen MR) is 64.0 cm³/mol. The Morgan fingerprint density at radius 2 is 2.06 bits per heavy atom. The third-order valence-electron chi connectivity index (χ3n) is 2.88. The monoisotopic (exact) mass is 251 g/mol.